The number of anilines is 2. The first-order chi connectivity index (χ1) is 12.8. The van der Waals surface area contributed by atoms with E-state index in [1.165, 1.54) is 13.2 Å². The summed E-state index contributed by atoms with van der Waals surface area (Å²) in [5.74, 6) is -2.01. The number of rotatable bonds is 8. The summed E-state index contributed by atoms with van der Waals surface area (Å²) in [6.45, 7) is 1.20. The quantitative estimate of drug-likeness (QED) is 0.653. The highest BCUT2D eigenvalue weighted by Gasteiger charge is 2.16. The highest BCUT2D eigenvalue weighted by molar-refractivity contribution is 5.96. The molecule has 1 unspecified atom stereocenters. The molecule has 0 aliphatic rings. The van der Waals surface area contributed by atoms with E-state index in [0.717, 1.165) is 18.2 Å². The van der Waals surface area contributed by atoms with Gasteiger partial charge in [-0.1, -0.05) is 0 Å². The Hall–Kier alpha value is -3.36. The predicted octanol–water partition coefficient (Wildman–Crippen LogP) is 2.28. The van der Waals surface area contributed by atoms with Gasteiger partial charge in [0.1, 0.15) is 17.7 Å². The molecule has 0 spiro atoms. The highest BCUT2D eigenvalue weighted by Crippen LogP contribution is 2.30. The number of primary amides is 1. The van der Waals surface area contributed by atoms with Crippen molar-refractivity contribution in [2.75, 3.05) is 24.4 Å². The van der Waals surface area contributed by atoms with Crippen LogP contribution < -0.4 is 25.8 Å². The summed E-state index contributed by atoms with van der Waals surface area (Å²) >= 11 is 0. The fourth-order valence-electron chi connectivity index (χ4n) is 2.18. The van der Waals surface area contributed by atoms with Gasteiger partial charge in [0.25, 0.3) is 5.91 Å². The minimum atomic E-state index is -0.787. The number of amides is 2. The molecule has 0 saturated heterocycles. The lowest BCUT2D eigenvalue weighted by Crippen LogP contribution is -2.32. The van der Waals surface area contributed by atoms with Crippen LogP contribution in [0.4, 0.5) is 20.2 Å². The molecule has 2 amide bonds. The average Bonchev–Trinajstić information content (AvgIpc) is 2.63. The first-order valence-electron chi connectivity index (χ1n) is 7.91. The lowest BCUT2D eigenvalue weighted by atomic mass is 10.2. The van der Waals surface area contributed by atoms with E-state index in [0.29, 0.717) is 11.4 Å². The maximum atomic E-state index is 13.6. The van der Waals surface area contributed by atoms with E-state index in [1.54, 1.807) is 19.1 Å². The summed E-state index contributed by atoms with van der Waals surface area (Å²) in [6, 6.07) is 6.71. The van der Waals surface area contributed by atoms with Crippen LogP contribution in [0.5, 0.6) is 11.5 Å². The Labute approximate surface area is 154 Å². The van der Waals surface area contributed by atoms with Gasteiger partial charge in [0.15, 0.2) is 18.1 Å². The van der Waals surface area contributed by atoms with Crippen molar-refractivity contribution in [1.82, 2.24) is 0 Å². The van der Waals surface area contributed by atoms with Crippen molar-refractivity contribution in [3.05, 3.63) is 48.0 Å². The molecule has 2 aromatic carbocycles. The molecule has 0 saturated carbocycles. The molecule has 7 nitrogen and oxygen atoms in total. The average molecular weight is 379 g/mol. The molecule has 1 atom stereocenters. The van der Waals surface area contributed by atoms with E-state index in [2.05, 4.69) is 10.6 Å². The summed E-state index contributed by atoms with van der Waals surface area (Å²) in [5, 5.41) is 5.21. The van der Waals surface area contributed by atoms with Crippen LogP contribution in [-0.2, 0) is 9.59 Å². The van der Waals surface area contributed by atoms with Crippen LogP contribution in [0, 0.1) is 11.6 Å². The molecule has 9 heteroatoms. The molecule has 2 aromatic rings. The van der Waals surface area contributed by atoms with Gasteiger partial charge in [-0.15, -0.1) is 0 Å². The number of carbonyl (C=O) groups is 2. The number of nitrogens with two attached hydrogens (primary N) is 1. The fraction of sp³-hybridized carbons (Fsp3) is 0.222. The van der Waals surface area contributed by atoms with Gasteiger partial charge in [-0.05, 0) is 31.2 Å². The first kappa shape index (κ1) is 20.0. The highest BCUT2D eigenvalue weighted by atomic mass is 19.1. The largest absolute Gasteiger partial charge is 0.493 e. The number of methoxy groups -OCH3 is 1. The monoisotopic (exact) mass is 379 g/mol. The third-order valence-electron chi connectivity index (χ3n) is 3.50. The van der Waals surface area contributed by atoms with Gasteiger partial charge < -0.3 is 25.8 Å². The van der Waals surface area contributed by atoms with Crippen LogP contribution in [0.2, 0.25) is 0 Å². The number of hydrogen-bond acceptors (Lipinski definition) is 5. The molecule has 0 aliphatic carbocycles. The van der Waals surface area contributed by atoms with Crippen LogP contribution in [0.25, 0.3) is 0 Å². The van der Waals surface area contributed by atoms with Gasteiger partial charge in [0.05, 0.1) is 12.8 Å². The van der Waals surface area contributed by atoms with Crippen LogP contribution in [0.1, 0.15) is 6.92 Å². The van der Waals surface area contributed by atoms with Crippen LogP contribution >= 0.6 is 0 Å². The zero-order valence-electron chi connectivity index (χ0n) is 14.7. The smallest absolute Gasteiger partial charge is 0.255 e. The number of carbonyl (C=O) groups excluding carboxylic acids is 2. The standard InChI is InChI=1S/C18H19F2N3O4/c1-10(18(25)23-14-7-11(19)3-5-13(14)20)22-12-4-6-15(26-2)16(8-12)27-9-17(21)24/h3-8,10,22H,9H2,1-2H3,(H2,21,24)(H,23,25). The lowest BCUT2D eigenvalue weighted by molar-refractivity contribution is -0.120. The zero-order chi connectivity index (χ0) is 20.0. The van der Waals surface area contributed by atoms with Crippen molar-refractivity contribution < 1.29 is 27.8 Å². The van der Waals surface area contributed by atoms with Crippen molar-refractivity contribution >= 4 is 23.2 Å². The number of benzene rings is 2. The first-order valence-corrected chi connectivity index (χ1v) is 7.91. The lowest BCUT2D eigenvalue weighted by Gasteiger charge is -2.17. The minimum Gasteiger partial charge on any atom is -0.493 e. The second-order valence-electron chi connectivity index (χ2n) is 5.60. The second-order valence-corrected chi connectivity index (χ2v) is 5.60. The molecular formula is C18H19F2N3O4. The molecular weight excluding hydrogens is 360 g/mol. The van der Waals surface area contributed by atoms with Crippen LogP contribution in [0.3, 0.4) is 0 Å². The van der Waals surface area contributed by atoms with Gasteiger partial charge in [-0.2, -0.15) is 0 Å². The Morgan fingerprint density at radius 3 is 2.56 bits per heavy atom. The van der Waals surface area contributed by atoms with Crippen LogP contribution in [0.15, 0.2) is 36.4 Å². The van der Waals surface area contributed by atoms with Crippen molar-refractivity contribution in [1.29, 1.82) is 0 Å². The summed E-state index contributed by atoms with van der Waals surface area (Å²) in [5.41, 5.74) is 5.28. The maximum absolute atomic E-state index is 13.6. The van der Waals surface area contributed by atoms with Gasteiger partial charge >= 0.3 is 0 Å². The molecule has 0 radical (unpaired) electrons. The molecule has 144 valence electrons. The topological polar surface area (TPSA) is 103 Å². The molecule has 0 fully saturated rings. The van der Waals surface area contributed by atoms with Crippen molar-refractivity contribution in [3.8, 4) is 11.5 Å². The SMILES string of the molecule is COc1ccc(NC(C)C(=O)Nc2cc(F)ccc2F)cc1OCC(N)=O. The number of hydrogen-bond donors (Lipinski definition) is 3. The van der Waals surface area contributed by atoms with E-state index < -0.39 is 29.5 Å². The van der Waals surface area contributed by atoms with E-state index >= 15 is 0 Å². The van der Waals surface area contributed by atoms with Crippen LogP contribution in [-0.4, -0.2) is 31.6 Å². The Kier molecular flexibility index (Phi) is 6.53. The molecule has 4 N–H and O–H groups in total. The van der Waals surface area contributed by atoms with Crippen molar-refractivity contribution in [3.63, 3.8) is 0 Å². The maximum Gasteiger partial charge on any atom is 0.255 e. The zero-order valence-corrected chi connectivity index (χ0v) is 14.7. The Bertz CT molecular complexity index is 845. The van der Waals surface area contributed by atoms with E-state index in [1.807, 2.05) is 0 Å². The van der Waals surface area contributed by atoms with Gasteiger partial charge in [-0.25, -0.2) is 8.78 Å². The number of nitrogens with one attached hydrogen (secondary N) is 2. The van der Waals surface area contributed by atoms with E-state index in [9.17, 15) is 18.4 Å². The number of ether oxygens (including phenoxy) is 2. The summed E-state index contributed by atoms with van der Waals surface area (Å²) in [7, 11) is 1.43. The van der Waals surface area contributed by atoms with Crippen molar-refractivity contribution in [2.45, 2.75) is 13.0 Å². The normalized spacial score (nSPS) is 11.4. The Balaban J connectivity index is 2.08. The summed E-state index contributed by atoms with van der Waals surface area (Å²) < 4.78 is 37.2. The number of halogens is 2. The molecule has 0 bridgehead atoms. The summed E-state index contributed by atoms with van der Waals surface area (Å²) in [4.78, 5) is 23.1. The fourth-order valence-corrected chi connectivity index (χ4v) is 2.18. The van der Waals surface area contributed by atoms with Crippen molar-refractivity contribution in [2.24, 2.45) is 5.73 Å². The second kappa shape index (κ2) is 8.84. The Morgan fingerprint density at radius 1 is 1.15 bits per heavy atom. The third kappa shape index (κ3) is 5.56. The molecule has 0 aliphatic heterocycles. The third-order valence-corrected chi connectivity index (χ3v) is 3.50. The Morgan fingerprint density at radius 2 is 1.89 bits per heavy atom. The van der Waals surface area contributed by atoms with Gasteiger partial charge in [0, 0.05) is 17.8 Å². The molecule has 0 aromatic heterocycles. The van der Waals surface area contributed by atoms with Gasteiger partial charge in [-0.3, -0.25) is 9.59 Å². The molecule has 27 heavy (non-hydrogen) atoms. The van der Waals surface area contributed by atoms with Gasteiger partial charge in [0.2, 0.25) is 5.91 Å². The molecule has 0 heterocycles. The summed E-state index contributed by atoms with van der Waals surface area (Å²) in [6.07, 6.45) is 0. The predicted molar refractivity (Wildman–Crippen MR) is 95.8 cm³/mol. The molecule has 2 rings (SSSR count). The minimum absolute atomic E-state index is 0.255. The van der Waals surface area contributed by atoms with E-state index in [4.69, 9.17) is 15.2 Å². The van der Waals surface area contributed by atoms with E-state index in [-0.39, 0.29) is 18.0 Å².